The molecule has 0 amide bonds. The van der Waals surface area contributed by atoms with Gasteiger partial charge in [0.1, 0.15) is 17.8 Å². The molecule has 4 heterocycles. The van der Waals surface area contributed by atoms with E-state index < -0.39 is 71.8 Å². The summed E-state index contributed by atoms with van der Waals surface area (Å²) in [5.41, 5.74) is -1.46. The molecule has 3 aliphatic heterocycles. The first-order chi connectivity index (χ1) is 28.3. The second kappa shape index (κ2) is 20.3. The molecule has 5 rings (SSSR count). The van der Waals surface area contributed by atoms with Crippen LogP contribution in [-0.4, -0.2) is 143 Å². The second-order valence-electron chi connectivity index (χ2n) is 18.2. The van der Waals surface area contributed by atoms with Gasteiger partial charge in [-0.05, 0) is 92.1 Å². The molecule has 2 unspecified atom stereocenters. The largest absolute Gasteiger partial charge is 0.459 e. The van der Waals surface area contributed by atoms with Crippen LogP contribution in [0.2, 0.25) is 0 Å². The fourth-order valence-electron chi connectivity index (χ4n) is 9.77. The quantitative estimate of drug-likeness (QED) is 0.220. The zero-order chi connectivity index (χ0) is 44.1. The lowest BCUT2D eigenvalue weighted by atomic mass is 9.77. The maximum absolute atomic E-state index is 14.5. The Labute approximate surface area is 357 Å². The molecule has 0 aliphatic carbocycles. The Morgan fingerprint density at radius 1 is 1.05 bits per heavy atom. The van der Waals surface area contributed by atoms with Crippen molar-refractivity contribution in [1.82, 2.24) is 14.8 Å². The van der Waals surface area contributed by atoms with Gasteiger partial charge in [-0.25, -0.2) is 4.98 Å². The number of carbonyl (C=O) groups is 2. The molecule has 16 atom stereocenters. The van der Waals surface area contributed by atoms with Gasteiger partial charge >= 0.3 is 11.9 Å². The highest BCUT2D eigenvalue weighted by Crippen LogP contribution is 2.39. The van der Waals surface area contributed by atoms with E-state index in [9.17, 15) is 19.8 Å². The Morgan fingerprint density at radius 3 is 2.43 bits per heavy atom. The van der Waals surface area contributed by atoms with Gasteiger partial charge in [0.05, 0.1) is 59.8 Å². The molecule has 3 saturated heterocycles. The normalized spacial score (nSPS) is 39.8. The fraction of sp³-hybridized carbons (Fsp3) is 0.681. The topological polar surface area (TPSA) is 149 Å². The van der Waals surface area contributed by atoms with Gasteiger partial charge in [-0.1, -0.05) is 57.2 Å². The predicted molar refractivity (Wildman–Crippen MR) is 231 cm³/mol. The molecule has 2 aromatic rings. The molecular weight excluding hydrogens is 767 g/mol. The number of fused-ring (bicyclic) bond motifs is 3. The maximum atomic E-state index is 14.5. The van der Waals surface area contributed by atoms with E-state index in [2.05, 4.69) is 18.4 Å². The van der Waals surface area contributed by atoms with Crippen molar-refractivity contribution in [2.75, 3.05) is 33.8 Å². The van der Waals surface area contributed by atoms with Crippen LogP contribution in [0.4, 0.5) is 0 Å². The van der Waals surface area contributed by atoms with Gasteiger partial charge in [0.2, 0.25) is 0 Å². The minimum Gasteiger partial charge on any atom is -0.459 e. The molecule has 334 valence electrons. The number of carbonyl (C=O) groups excluding carboxylic acids is 2. The Hall–Kier alpha value is -3.27. The molecule has 13 heteroatoms. The lowest BCUT2D eigenvalue weighted by Gasteiger charge is -2.50. The van der Waals surface area contributed by atoms with E-state index >= 15 is 0 Å². The molecule has 3 fully saturated rings. The highest BCUT2D eigenvalue weighted by atomic mass is 16.7. The number of benzene rings is 1. The van der Waals surface area contributed by atoms with Crippen molar-refractivity contribution in [2.24, 2.45) is 17.8 Å². The molecule has 60 heavy (non-hydrogen) atoms. The monoisotopic (exact) mass is 838 g/mol. The molecule has 0 saturated carbocycles. The molecule has 0 spiro atoms. The second-order valence-corrected chi connectivity index (χ2v) is 18.2. The first kappa shape index (κ1) is 47.8. The minimum atomic E-state index is -1.56. The van der Waals surface area contributed by atoms with Crippen LogP contribution in [-0.2, 0) is 38.0 Å². The molecule has 1 aromatic carbocycles. The standard InChI is InChI=1S/C47H71N3O10/c1-13-36-27-50-26-28(3)25-46(9,53)42(60-45-41(57-33(8)51)38(49(11)12)24-29(4)56-45)30(5)40(55-23-17-19-35-22-21-34-18-15-16-20-37(34)48-35)31(6)44(52)59-39(14-2)47(10,54)43(58-36)32(50)7/h13,15-22,28-32,36,38-43,45,53-54H,1,14,23-27H2,2-12H3/b19-17+/t28-,29-,30+,31-,32-,36?,38+,39-,40+,41-,42-,43+,45-,46-,47-/m1/s1. The number of hydrogen-bond acceptors (Lipinski definition) is 13. The molecule has 1 aromatic heterocycles. The first-order valence-electron chi connectivity index (χ1n) is 21.7. The number of hydrogen-bond donors (Lipinski definition) is 2. The average Bonchev–Trinajstić information content (AvgIpc) is 3.18. The van der Waals surface area contributed by atoms with Gasteiger partial charge in [0.15, 0.2) is 12.4 Å². The van der Waals surface area contributed by atoms with Gasteiger partial charge in [-0.3, -0.25) is 14.5 Å². The Morgan fingerprint density at radius 2 is 1.77 bits per heavy atom. The number of rotatable bonds is 10. The van der Waals surface area contributed by atoms with Gasteiger partial charge in [0.25, 0.3) is 0 Å². The highest BCUT2D eigenvalue weighted by Gasteiger charge is 2.53. The molecule has 2 bridgehead atoms. The summed E-state index contributed by atoms with van der Waals surface area (Å²) in [6.07, 6.45) is 0.692. The fourth-order valence-corrected chi connectivity index (χ4v) is 9.77. The zero-order valence-corrected chi connectivity index (χ0v) is 37.7. The number of para-hydroxylation sites is 1. The predicted octanol–water partition coefficient (Wildman–Crippen LogP) is 5.79. The number of aliphatic hydroxyl groups is 2. The van der Waals surface area contributed by atoms with Crippen LogP contribution in [0.15, 0.2) is 55.1 Å². The molecule has 0 radical (unpaired) electrons. The number of esters is 2. The lowest BCUT2D eigenvalue weighted by molar-refractivity contribution is -0.302. The van der Waals surface area contributed by atoms with Crippen LogP contribution in [0.25, 0.3) is 17.0 Å². The van der Waals surface area contributed by atoms with E-state index in [4.69, 9.17) is 33.4 Å². The van der Waals surface area contributed by atoms with E-state index in [0.717, 1.165) is 16.6 Å². The lowest BCUT2D eigenvalue weighted by Crippen LogP contribution is -2.65. The Bertz CT molecular complexity index is 1780. The van der Waals surface area contributed by atoms with Crippen LogP contribution >= 0.6 is 0 Å². The van der Waals surface area contributed by atoms with Crippen molar-refractivity contribution in [2.45, 2.75) is 154 Å². The number of likely N-dealkylation sites (N-methyl/N-ethyl adjacent to an activating group) is 1. The number of pyridine rings is 1. The van der Waals surface area contributed by atoms with E-state index in [1.54, 1.807) is 26.8 Å². The van der Waals surface area contributed by atoms with Crippen LogP contribution in [0.1, 0.15) is 87.3 Å². The summed E-state index contributed by atoms with van der Waals surface area (Å²) < 4.78 is 38.7. The van der Waals surface area contributed by atoms with E-state index in [1.807, 2.05) is 95.2 Å². The number of cyclic esters (lactones) is 1. The summed E-state index contributed by atoms with van der Waals surface area (Å²) in [6.45, 7) is 21.5. The highest BCUT2D eigenvalue weighted by molar-refractivity contribution is 5.79. The number of morpholine rings is 1. The third kappa shape index (κ3) is 11.2. The van der Waals surface area contributed by atoms with E-state index in [0.29, 0.717) is 32.4 Å². The molecule has 3 aliphatic rings. The summed E-state index contributed by atoms with van der Waals surface area (Å²) in [7, 11) is 3.85. The minimum absolute atomic E-state index is 0.0842. The van der Waals surface area contributed by atoms with Crippen LogP contribution < -0.4 is 0 Å². The van der Waals surface area contributed by atoms with E-state index in [-0.39, 0.29) is 36.8 Å². The van der Waals surface area contributed by atoms with Gasteiger partial charge in [-0.15, -0.1) is 6.58 Å². The molecule has 2 N–H and O–H groups in total. The summed E-state index contributed by atoms with van der Waals surface area (Å²) in [5.74, 6) is -2.69. The number of nitrogens with zero attached hydrogens (tertiary/aromatic N) is 3. The Balaban J connectivity index is 1.57. The van der Waals surface area contributed by atoms with Crippen LogP contribution in [0.3, 0.4) is 0 Å². The summed E-state index contributed by atoms with van der Waals surface area (Å²) in [6, 6.07) is 11.3. The van der Waals surface area contributed by atoms with Crippen molar-refractivity contribution in [3.63, 3.8) is 0 Å². The van der Waals surface area contributed by atoms with Gasteiger partial charge < -0.3 is 43.5 Å². The van der Waals surface area contributed by atoms with Gasteiger partial charge in [-0.2, -0.15) is 0 Å². The van der Waals surface area contributed by atoms with Crippen LogP contribution in [0, 0.1) is 17.8 Å². The SMILES string of the molecule is C=CC1CN2C[C@H](C)C[C@@](C)(O)[C@H](O[C@H]3O[C@H](C)C[C@H](N(C)C)[C@H]3OC(C)=O)[C@@H](C)[C@H](OC/C=C/c3ccc4ccccc4n3)[C@@H](C)C(=O)O[C@H](CC)[C@@](C)(O)[C@@H](O1)[C@H]2C. The van der Waals surface area contributed by atoms with Crippen LogP contribution in [0.5, 0.6) is 0 Å². The maximum Gasteiger partial charge on any atom is 0.311 e. The van der Waals surface area contributed by atoms with Crippen molar-refractivity contribution in [1.29, 1.82) is 0 Å². The summed E-state index contributed by atoms with van der Waals surface area (Å²) >= 11 is 0. The summed E-state index contributed by atoms with van der Waals surface area (Å²) in [4.78, 5) is 36.0. The smallest absolute Gasteiger partial charge is 0.311 e. The third-order valence-electron chi connectivity index (χ3n) is 12.8. The first-order valence-corrected chi connectivity index (χ1v) is 21.7. The summed E-state index contributed by atoms with van der Waals surface area (Å²) in [5, 5.41) is 26.1. The van der Waals surface area contributed by atoms with Crippen molar-refractivity contribution in [3.05, 3.63) is 60.8 Å². The number of aromatic nitrogens is 1. The Kier molecular flexibility index (Phi) is 16.1. The van der Waals surface area contributed by atoms with Crippen molar-refractivity contribution < 1.29 is 48.2 Å². The molecule has 13 nitrogen and oxygen atoms in total. The zero-order valence-electron chi connectivity index (χ0n) is 37.7. The van der Waals surface area contributed by atoms with Gasteiger partial charge in [0, 0.05) is 37.4 Å². The molecular formula is C47H71N3O10. The van der Waals surface area contributed by atoms with Crippen molar-refractivity contribution >= 4 is 28.9 Å². The number of ether oxygens (including phenoxy) is 6. The average molecular weight is 838 g/mol. The third-order valence-corrected chi connectivity index (χ3v) is 12.8. The van der Waals surface area contributed by atoms with E-state index in [1.165, 1.54) is 6.92 Å². The van der Waals surface area contributed by atoms with Crippen molar-refractivity contribution in [3.8, 4) is 0 Å².